The van der Waals surface area contributed by atoms with Crippen LogP contribution in [0.5, 0.6) is 0 Å². The van der Waals surface area contributed by atoms with Crippen molar-refractivity contribution in [1.29, 1.82) is 0 Å². The molecule has 0 saturated carbocycles. The van der Waals surface area contributed by atoms with Crippen molar-refractivity contribution in [2.75, 3.05) is 157 Å². The molecular weight excluding hydrogens is 1300 g/mol. The van der Waals surface area contributed by atoms with Crippen molar-refractivity contribution in [3.05, 3.63) is 207 Å². The number of hydrogen-bond donors (Lipinski definition) is 9. The number of pyridine rings is 4. The fourth-order valence-corrected chi connectivity index (χ4v) is 11.3. The Hall–Kier alpha value is -10.2. The van der Waals surface area contributed by atoms with Gasteiger partial charge in [0.05, 0.1) is 32.1 Å². The molecule has 14 aliphatic rings. The first-order valence-corrected chi connectivity index (χ1v) is 33.2. The van der Waals surface area contributed by atoms with Crippen LogP contribution in [0.3, 0.4) is 0 Å². The summed E-state index contributed by atoms with van der Waals surface area (Å²) in [5.74, 6) is -4.87. The zero-order valence-corrected chi connectivity index (χ0v) is 56.0. The third kappa shape index (κ3) is 20.5. The van der Waals surface area contributed by atoms with Gasteiger partial charge in [0, 0.05) is 145 Å². The molecule has 0 saturated heterocycles. The minimum absolute atomic E-state index is 0.00249. The summed E-state index contributed by atoms with van der Waals surface area (Å²) in [6, 6.07) is 28.5. The fourth-order valence-electron chi connectivity index (χ4n) is 11.3. The second kappa shape index (κ2) is 37.1. The van der Waals surface area contributed by atoms with E-state index in [9.17, 15) is 57.8 Å². The second-order valence-corrected chi connectivity index (χ2v) is 23.8. The normalized spacial score (nSPS) is 20.9. The number of benzene rings is 2. The van der Waals surface area contributed by atoms with E-state index in [2.05, 4.69) is 42.5 Å². The molecule has 0 fully saturated rings. The molecule has 32 heteroatoms. The Morgan fingerprint density at radius 3 is 1.02 bits per heavy atom. The Balaban J connectivity index is 1.04. The van der Waals surface area contributed by atoms with Crippen molar-refractivity contribution in [1.82, 2.24) is 80.7 Å². The lowest BCUT2D eigenvalue weighted by Gasteiger charge is -2.25. The Labute approximate surface area is 575 Å². The minimum atomic E-state index is -1.37. The maximum Gasteiger partial charge on any atom is 0.296 e. The number of amides is 7. The molecule has 5 atom stereocenters. The van der Waals surface area contributed by atoms with Crippen LogP contribution in [0.25, 0.3) is 0 Å². The molecule has 20 rings (SSSR count). The summed E-state index contributed by atoms with van der Waals surface area (Å²) in [5, 5.41) is 34.2. The summed E-state index contributed by atoms with van der Waals surface area (Å²) < 4.78 is 16.3. The molecule has 7 amide bonds. The van der Waals surface area contributed by atoms with Gasteiger partial charge in [-0.2, -0.15) is 0 Å². The smallest absolute Gasteiger partial charge is 0.296 e. The molecular formula is C68H86N16O16. The highest BCUT2D eigenvalue weighted by Gasteiger charge is 2.26. The van der Waals surface area contributed by atoms with Crippen LogP contribution < -0.4 is 74.4 Å². The van der Waals surface area contributed by atoms with Gasteiger partial charge in [0.1, 0.15) is 58.8 Å². The number of nitrogens with one attached hydrogen (secondary N) is 8. The Kier molecular flexibility index (Phi) is 27.5. The minimum Gasteiger partial charge on any atom is -0.405 e. The molecule has 0 radical (unpaired) electrons. The van der Waals surface area contributed by atoms with Crippen molar-refractivity contribution in [2.45, 2.75) is 19.4 Å². The summed E-state index contributed by atoms with van der Waals surface area (Å²) >= 11 is 0. The summed E-state index contributed by atoms with van der Waals surface area (Å²) in [6.07, 6.45) is -1.37. The van der Waals surface area contributed by atoms with Gasteiger partial charge in [0.15, 0.2) is 0 Å². The lowest BCUT2D eigenvalue weighted by Crippen LogP contribution is -2.45. The highest BCUT2D eigenvalue weighted by molar-refractivity contribution is 5.98. The van der Waals surface area contributed by atoms with E-state index in [1.807, 2.05) is 31.7 Å². The molecule has 18 heterocycles. The predicted molar refractivity (Wildman–Crippen MR) is 365 cm³/mol. The molecule has 0 aliphatic carbocycles. The molecule has 534 valence electrons. The van der Waals surface area contributed by atoms with E-state index in [0.29, 0.717) is 11.1 Å². The van der Waals surface area contributed by atoms with Crippen LogP contribution in [-0.4, -0.2) is 242 Å². The number of rotatable bonds is 6. The zero-order chi connectivity index (χ0) is 70.9. The van der Waals surface area contributed by atoms with Crippen LogP contribution in [0.15, 0.2) is 128 Å². The van der Waals surface area contributed by atoms with Crippen LogP contribution in [0.2, 0.25) is 0 Å². The zero-order valence-electron chi connectivity index (χ0n) is 56.0. The number of aliphatic hydroxyl groups excluding tert-OH is 1. The van der Waals surface area contributed by atoms with Crippen LogP contribution in [-0.2, 0) is 36.8 Å². The Morgan fingerprint density at radius 2 is 0.650 bits per heavy atom. The first kappa shape index (κ1) is 74.0. The van der Waals surface area contributed by atoms with Gasteiger partial charge in [-0.25, -0.2) is 0 Å². The molecule has 0 spiro atoms. The maximum absolute atomic E-state index is 14.3. The van der Waals surface area contributed by atoms with Crippen molar-refractivity contribution >= 4 is 41.4 Å². The highest BCUT2D eigenvalue weighted by Crippen LogP contribution is 2.11. The topological polar surface area (TPSA) is 374 Å². The number of carbonyl (C=O) groups is 7. The number of nitrogens with zero attached hydrogens (tertiary/aromatic N) is 8. The van der Waals surface area contributed by atoms with E-state index in [1.165, 1.54) is 67.2 Å². The average Bonchev–Trinajstić information content (AvgIpc) is 0.842. The van der Waals surface area contributed by atoms with Gasteiger partial charge in [-0.1, -0.05) is 60.7 Å². The van der Waals surface area contributed by atoms with Crippen LogP contribution in [0.1, 0.15) is 95.9 Å². The number of aliphatic hydroxyl groups is 1. The van der Waals surface area contributed by atoms with E-state index >= 15 is 0 Å². The summed E-state index contributed by atoms with van der Waals surface area (Å²) in [5.41, 5.74) is -3.06. The number of hydrogen-bond acceptors (Lipinski definition) is 21. The molecule has 4 aromatic heterocycles. The SMILES string of the molecule is Cn1c2ccc(c1=O)C(=O)NCCN1CCNC(=O)c3ccc(c(=O)n3OCc3ccccc3)C(=O)NCCN(CCNC2=O)CCOCCN2CCNC(=O)c3ccc(n(C)c3=O)C(O)NCCN(CCNC(=O)c3ccc(n(OCc4ccccc4)c3=O)C(=O)NCC2)CCOCC1. The number of ether oxygens (including phenoxy) is 2. The monoisotopic (exact) mass is 1380 g/mol. The van der Waals surface area contributed by atoms with Gasteiger partial charge in [0.2, 0.25) is 0 Å². The van der Waals surface area contributed by atoms with E-state index in [0.717, 1.165) is 14.0 Å². The largest absolute Gasteiger partial charge is 0.405 e. The van der Waals surface area contributed by atoms with E-state index in [4.69, 9.17) is 19.1 Å². The van der Waals surface area contributed by atoms with Gasteiger partial charge in [0.25, 0.3) is 63.6 Å². The molecule has 9 N–H and O–H groups in total. The molecule has 12 bridgehead atoms. The summed E-state index contributed by atoms with van der Waals surface area (Å²) in [7, 11) is 2.82. The van der Waals surface area contributed by atoms with Gasteiger partial charge in [-0.15, -0.1) is 9.46 Å². The molecule has 32 nitrogen and oxygen atoms in total. The van der Waals surface area contributed by atoms with Crippen molar-refractivity contribution in [2.24, 2.45) is 14.1 Å². The molecule has 100 heavy (non-hydrogen) atoms. The lowest BCUT2D eigenvalue weighted by molar-refractivity contribution is 0.0679. The van der Waals surface area contributed by atoms with Crippen LogP contribution >= 0.6 is 0 Å². The van der Waals surface area contributed by atoms with Gasteiger partial charge in [-0.05, 0) is 59.7 Å². The number of carbonyl (C=O) groups excluding carboxylic acids is 7. The van der Waals surface area contributed by atoms with Crippen LogP contribution in [0, 0.1) is 0 Å². The lowest BCUT2D eigenvalue weighted by atomic mass is 10.2. The van der Waals surface area contributed by atoms with Crippen molar-refractivity contribution < 1.29 is 57.8 Å². The third-order valence-electron chi connectivity index (χ3n) is 17.1. The van der Waals surface area contributed by atoms with Crippen molar-refractivity contribution in [3.8, 4) is 0 Å². The molecule has 2 aromatic carbocycles. The van der Waals surface area contributed by atoms with Gasteiger partial charge in [-0.3, -0.25) is 77.7 Å². The molecule has 6 aromatic rings. The predicted octanol–water partition coefficient (Wildman–Crippen LogP) is -3.26. The van der Waals surface area contributed by atoms with E-state index < -0.39 is 69.8 Å². The first-order valence-electron chi connectivity index (χ1n) is 33.2. The summed E-state index contributed by atoms with van der Waals surface area (Å²) in [6.45, 7) is 2.64. The average molecular weight is 1380 g/mol. The van der Waals surface area contributed by atoms with Crippen molar-refractivity contribution in [3.63, 3.8) is 0 Å². The molecule has 5 unspecified atom stereocenters. The third-order valence-corrected chi connectivity index (χ3v) is 17.1. The van der Waals surface area contributed by atoms with E-state index in [1.54, 1.807) is 48.5 Å². The Morgan fingerprint density at radius 1 is 0.350 bits per heavy atom. The molecule has 14 aliphatic heterocycles. The van der Waals surface area contributed by atoms with Crippen LogP contribution in [0.4, 0.5) is 0 Å². The first-order chi connectivity index (χ1) is 48.4. The standard InChI is InChI=1S/C68H86N16O16/c1-77-53-17-13-49(65(77)93)57(85)69-21-29-81-35-27-75-63(91)55-19-15-51(67(95)83(55)99-45-47-9-5-3-6-10-47)59(87)71-23-31-79(33-25-73-61(53)89)37-41-97-44-40-82-30-22-70-58(86)50-14-18-54(78(2)66(50)94)62(90)74-26-34-80(38-42-98-43-39-81)32-24-72-60(88)52-16-20-56(64(92)76-28-36-82)84(68(52)96)100-46-48-11-7-4-8-12-48/h3-20,61,73,89H,21-46H2,1-2H3,(H,69,85)(H,70,86)(H,71,87)(H,72,88)(H,74,90)(H,75,91)(H,76,92). The second-order valence-electron chi connectivity index (χ2n) is 23.8. The quantitative estimate of drug-likeness (QED) is 0.0790. The van der Waals surface area contributed by atoms with E-state index in [-0.39, 0.29) is 216 Å². The number of aromatic nitrogens is 4. The maximum atomic E-state index is 14.3. The Bertz CT molecular complexity index is 4090. The fraction of sp³-hybridized carbons (Fsp3) is 0.426. The van der Waals surface area contributed by atoms with Gasteiger partial charge < -0.3 is 70.6 Å². The summed E-state index contributed by atoms with van der Waals surface area (Å²) in [4.78, 5) is 173. The highest BCUT2D eigenvalue weighted by atomic mass is 16.7. The van der Waals surface area contributed by atoms with Gasteiger partial charge >= 0.3 is 0 Å².